The highest BCUT2D eigenvalue weighted by molar-refractivity contribution is 5.87. The SMILES string of the molecule is C=C(C)C(=O)OCCN(CCOC(=O)C(=C)C)c1ccc(N=Nc2ccc([N+](=O)[O-])c(C(F)(F)F)c2)cc1. The predicted octanol–water partition coefficient (Wildman–Crippen LogP) is 6.07. The van der Waals surface area contributed by atoms with Crippen molar-refractivity contribution in [2.45, 2.75) is 20.0 Å². The molecule has 2 aromatic rings. The number of nitro benzene ring substituents is 1. The van der Waals surface area contributed by atoms with Gasteiger partial charge in [-0.3, -0.25) is 10.1 Å². The molecule has 0 bridgehead atoms. The van der Waals surface area contributed by atoms with Crippen LogP contribution in [0.25, 0.3) is 0 Å². The molecule has 10 nitrogen and oxygen atoms in total. The summed E-state index contributed by atoms with van der Waals surface area (Å²) < 4.78 is 49.8. The Hall–Kier alpha value is -4.55. The van der Waals surface area contributed by atoms with Crippen LogP contribution in [0.1, 0.15) is 19.4 Å². The highest BCUT2D eigenvalue weighted by Gasteiger charge is 2.38. The fraction of sp³-hybridized carbons (Fsp3) is 0.280. The third-order valence-corrected chi connectivity index (χ3v) is 4.86. The number of azo groups is 1. The van der Waals surface area contributed by atoms with Crippen molar-refractivity contribution >= 4 is 34.7 Å². The zero-order valence-corrected chi connectivity index (χ0v) is 20.7. The number of halogens is 3. The number of carbonyl (C=O) groups excluding carboxylic acids is 2. The van der Waals surface area contributed by atoms with E-state index in [-0.39, 0.29) is 43.1 Å². The number of ether oxygens (including phenoxy) is 2. The molecule has 0 heterocycles. The molecule has 0 fully saturated rings. The molecule has 0 aliphatic rings. The van der Waals surface area contributed by atoms with E-state index in [1.54, 1.807) is 29.2 Å². The van der Waals surface area contributed by atoms with E-state index in [1.165, 1.54) is 13.8 Å². The smallest absolute Gasteiger partial charge is 0.423 e. The Morgan fingerprint density at radius 2 is 1.39 bits per heavy atom. The fourth-order valence-corrected chi connectivity index (χ4v) is 2.93. The largest absolute Gasteiger partial charge is 0.460 e. The molecule has 2 aromatic carbocycles. The topological polar surface area (TPSA) is 124 Å². The zero-order valence-electron chi connectivity index (χ0n) is 20.7. The maximum atomic E-state index is 13.2. The normalized spacial score (nSPS) is 11.2. The third kappa shape index (κ3) is 8.84. The van der Waals surface area contributed by atoms with E-state index >= 15 is 0 Å². The molecule has 0 atom stereocenters. The number of hydrogen-bond donors (Lipinski definition) is 0. The Balaban J connectivity index is 2.17. The van der Waals surface area contributed by atoms with Crippen LogP contribution in [-0.2, 0) is 25.2 Å². The van der Waals surface area contributed by atoms with Crippen LogP contribution in [-0.4, -0.2) is 43.2 Å². The molecule has 13 heteroatoms. The number of hydrogen-bond acceptors (Lipinski definition) is 9. The van der Waals surface area contributed by atoms with Crippen molar-refractivity contribution < 1.29 is 37.2 Å². The molecule has 2 rings (SSSR count). The number of nitro groups is 1. The molecule has 0 N–H and O–H groups in total. The van der Waals surface area contributed by atoms with Crippen LogP contribution in [0.2, 0.25) is 0 Å². The summed E-state index contributed by atoms with van der Waals surface area (Å²) in [6.45, 7) is 10.6. The Labute approximate surface area is 216 Å². The van der Waals surface area contributed by atoms with Crippen molar-refractivity contribution in [3.8, 4) is 0 Å². The van der Waals surface area contributed by atoms with Crippen molar-refractivity contribution in [1.82, 2.24) is 0 Å². The molecular formula is C25H25F3N4O6. The van der Waals surface area contributed by atoms with Crippen LogP contribution in [0.15, 0.2) is 77.0 Å². The molecule has 0 aromatic heterocycles. The first-order valence-corrected chi connectivity index (χ1v) is 11.1. The summed E-state index contributed by atoms with van der Waals surface area (Å²) in [5, 5.41) is 18.5. The van der Waals surface area contributed by atoms with Crippen molar-refractivity contribution in [2.24, 2.45) is 10.2 Å². The van der Waals surface area contributed by atoms with Gasteiger partial charge in [-0.15, -0.1) is 0 Å². The summed E-state index contributed by atoms with van der Waals surface area (Å²) in [5.74, 6) is -1.09. The van der Waals surface area contributed by atoms with Crippen LogP contribution in [0.3, 0.4) is 0 Å². The fourth-order valence-electron chi connectivity index (χ4n) is 2.93. The van der Waals surface area contributed by atoms with Crippen LogP contribution < -0.4 is 4.90 Å². The minimum atomic E-state index is -4.93. The monoisotopic (exact) mass is 534 g/mol. The van der Waals surface area contributed by atoms with Crippen LogP contribution in [0.5, 0.6) is 0 Å². The van der Waals surface area contributed by atoms with Crippen molar-refractivity contribution in [3.05, 3.63) is 82.4 Å². The van der Waals surface area contributed by atoms with Gasteiger partial charge in [0.25, 0.3) is 5.69 Å². The molecule has 202 valence electrons. The Morgan fingerprint density at radius 3 is 1.84 bits per heavy atom. The lowest BCUT2D eigenvalue weighted by Crippen LogP contribution is -2.32. The molecule has 0 radical (unpaired) electrons. The van der Waals surface area contributed by atoms with E-state index < -0.39 is 34.3 Å². The molecule has 0 unspecified atom stereocenters. The van der Waals surface area contributed by atoms with Gasteiger partial charge in [0, 0.05) is 22.9 Å². The van der Waals surface area contributed by atoms with E-state index in [0.29, 0.717) is 17.4 Å². The molecule has 38 heavy (non-hydrogen) atoms. The molecule has 0 aliphatic carbocycles. The molecular weight excluding hydrogens is 509 g/mol. The van der Waals surface area contributed by atoms with Crippen LogP contribution in [0, 0.1) is 10.1 Å². The summed E-state index contributed by atoms with van der Waals surface area (Å²) in [5.41, 5.74) is -1.28. The van der Waals surface area contributed by atoms with Gasteiger partial charge >= 0.3 is 18.1 Å². The second kappa shape index (κ2) is 13.1. The van der Waals surface area contributed by atoms with Gasteiger partial charge in [0.1, 0.15) is 18.8 Å². The van der Waals surface area contributed by atoms with Crippen molar-refractivity contribution in [3.63, 3.8) is 0 Å². The molecule has 0 saturated heterocycles. The average Bonchev–Trinajstić information content (AvgIpc) is 2.85. The summed E-state index contributed by atoms with van der Waals surface area (Å²) in [4.78, 5) is 34.9. The maximum Gasteiger partial charge on any atom is 0.423 e. The van der Waals surface area contributed by atoms with E-state index in [1.807, 2.05) is 0 Å². The van der Waals surface area contributed by atoms with E-state index in [2.05, 4.69) is 23.4 Å². The number of alkyl halides is 3. The predicted molar refractivity (Wildman–Crippen MR) is 132 cm³/mol. The summed E-state index contributed by atoms with van der Waals surface area (Å²) in [6, 6.07) is 8.71. The minimum absolute atomic E-state index is 0.0310. The third-order valence-electron chi connectivity index (χ3n) is 4.86. The summed E-state index contributed by atoms with van der Waals surface area (Å²) >= 11 is 0. The second-order valence-corrected chi connectivity index (χ2v) is 7.99. The zero-order chi connectivity index (χ0) is 28.5. The standard InChI is InChI=1S/C25H25F3N4O6/c1-16(2)23(33)37-13-11-31(12-14-38-24(34)17(3)4)20-8-5-18(6-9-20)29-30-19-7-10-22(32(35)36)21(15-19)25(26,27)28/h5-10,15H,1,3,11-14H2,2,4H3. The lowest BCUT2D eigenvalue weighted by atomic mass is 10.1. The molecule has 0 spiro atoms. The minimum Gasteiger partial charge on any atom is -0.460 e. The number of esters is 2. The first-order chi connectivity index (χ1) is 17.8. The van der Waals surface area contributed by atoms with E-state index in [9.17, 15) is 32.9 Å². The van der Waals surface area contributed by atoms with Gasteiger partial charge in [0.15, 0.2) is 0 Å². The quantitative estimate of drug-likeness (QED) is 0.106. The Morgan fingerprint density at radius 1 is 0.921 bits per heavy atom. The van der Waals surface area contributed by atoms with Gasteiger partial charge in [-0.05, 0) is 50.2 Å². The van der Waals surface area contributed by atoms with Gasteiger partial charge in [0.05, 0.1) is 29.4 Å². The van der Waals surface area contributed by atoms with Gasteiger partial charge in [0.2, 0.25) is 0 Å². The Bertz CT molecular complexity index is 1210. The summed E-state index contributed by atoms with van der Waals surface area (Å²) in [6.07, 6.45) is -4.93. The van der Waals surface area contributed by atoms with Gasteiger partial charge in [-0.25, -0.2) is 9.59 Å². The van der Waals surface area contributed by atoms with E-state index in [0.717, 1.165) is 12.1 Å². The lowest BCUT2D eigenvalue weighted by Gasteiger charge is -2.24. The average molecular weight is 534 g/mol. The maximum absolute atomic E-state index is 13.2. The lowest BCUT2D eigenvalue weighted by molar-refractivity contribution is -0.388. The second-order valence-electron chi connectivity index (χ2n) is 7.99. The highest BCUT2D eigenvalue weighted by Crippen LogP contribution is 2.38. The number of anilines is 1. The molecule has 0 aliphatic heterocycles. The number of nitrogens with zero attached hydrogens (tertiary/aromatic N) is 4. The Kier molecular flexibility index (Phi) is 10.3. The van der Waals surface area contributed by atoms with Crippen LogP contribution >= 0.6 is 0 Å². The van der Waals surface area contributed by atoms with Crippen LogP contribution in [0.4, 0.5) is 35.9 Å². The molecule has 0 saturated carbocycles. The van der Waals surface area contributed by atoms with Crippen molar-refractivity contribution in [1.29, 1.82) is 0 Å². The molecule has 0 amide bonds. The van der Waals surface area contributed by atoms with Crippen molar-refractivity contribution in [2.75, 3.05) is 31.2 Å². The number of benzene rings is 2. The number of rotatable bonds is 12. The van der Waals surface area contributed by atoms with Gasteiger partial charge in [-0.1, -0.05) is 13.2 Å². The first kappa shape index (κ1) is 29.7. The highest BCUT2D eigenvalue weighted by atomic mass is 19.4. The first-order valence-electron chi connectivity index (χ1n) is 11.1. The van der Waals surface area contributed by atoms with Gasteiger partial charge < -0.3 is 14.4 Å². The van der Waals surface area contributed by atoms with Gasteiger partial charge in [-0.2, -0.15) is 23.4 Å². The van der Waals surface area contributed by atoms with E-state index in [4.69, 9.17) is 9.47 Å². The summed E-state index contributed by atoms with van der Waals surface area (Å²) in [7, 11) is 0. The number of carbonyl (C=O) groups is 2.